The van der Waals surface area contributed by atoms with Crippen molar-refractivity contribution in [1.29, 1.82) is 0 Å². The molecular formula is C24H29N3O3. The van der Waals surface area contributed by atoms with E-state index in [1.807, 2.05) is 30.7 Å². The fraction of sp³-hybridized carbons (Fsp3) is 0.417. The zero-order valence-corrected chi connectivity index (χ0v) is 17.7. The largest absolute Gasteiger partial charge is 0.481 e. The van der Waals surface area contributed by atoms with E-state index in [-0.39, 0.29) is 12.1 Å². The average Bonchev–Trinajstić information content (AvgIpc) is 3.20. The first kappa shape index (κ1) is 20.6. The van der Waals surface area contributed by atoms with Crippen molar-refractivity contribution in [2.45, 2.75) is 44.4 Å². The van der Waals surface area contributed by atoms with Crippen LogP contribution in [0.15, 0.2) is 55.1 Å². The minimum absolute atomic E-state index is 0.113. The maximum Gasteiger partial charge on any atom is 0.312 e. The Morgan fingerprint density at radius 3 is 2.27 bits per heavy atom. The maximum atomic E-state index is 11.8. The molecule has 0 amide bonds. The molecule has 0 bridgehead atoms. The summed E-state index contributed by atoms with van der Waals surface area (Å²) in [5.74, 6) is -0.905. The number of nitrogens with zero attached hydrogens (tertiary/aromatic N) is 3. The summed E-state index contributed by atoms with van der Waals surface area (Å²) in [4.78, 5) is 18.2. The summed E-state index contributed by atoms with van der Waals surface area (Å²) in [6, 6.07) is 12.5. The molecule has 2 aromatic carbocycles. The van der Waals surface area contributed by atoms with Gasteiger partial charge in [-0.15, -0.1) is 0 Å². The number of aliphatic hydroxyl groups is 1. The van der Waals surface area contributed by atoms with E-state index >= 15 is 0 Å². The van der Waals surface area contributed by atoms with Gasteiger partial charge in [-0.1, -0.05) is 30.7 Å². The molecule has 0 radical (unpaired) electrons. The third-order valence-electron chi connectivity index (χ3n) is 6.86. The quantitative estimate of drug-likeness (QED) is 0.622. The number of carbonyl (C=O) groups is 1. The molecule has 2 N–H and O–H groups in total. The van der Waals surface area contributed by atoms with Crippen LogP contribution in [0.1, 0.15) is 49.5 Å². The van der Waals surface area contributed by atoms with Crippen molar-refractivity contribution < 1.29 is 15.0 Å². The Kier molecular flexibility index (Phi) is 5.38. The number of aromatic nitrogens is 2. The van der Waals surface area contributed by atoms with Crippen molar-refractivity contribution in [2.24, 2.45) is 5.41 Å². The third kappa shape index (κ3) is 3.40. The Morgan fingerprint density at radius 1 is 1.13 bits per heavy atom. The highest BCUT2D eigenvalue weighted by Crippen LogP contribution is 2.50. The number of carboxylic acids is 1. The number of carboxylic acid groups (broad SMARTS) is 1. The summed E-state index contributed by atoms with van der Waals surface area (Å²) >= 11 is 0. The summed E-state index contributed by atoms with van der Waals surface area (Å²) < 4.78 is 2.12. The van der Waals surface area contributed by atoms with Crippen LogP contribution >= 0.6 is 0 Å². The second-order valence-electron chi connectivity index (χ2n) is 8.74. The molecule has 1 saturated carbocycles. The van der Waals surface area contributed by atoms with Crippen LogP contribution in [0, 0.1) is 5.41 Å². The number of hydrogen-bond donors (Lipinski definition) is 2. The van der Waals surface area contributed by atoms with E-state index in [1.54, 1.807) is 6.20 Å². The molecule has 0 aliphatic heterocycles. The smallest absolute Gasteiger partial charge is 0.312 e. The van der Waals surface area contributed by atoms with Gasteiger partial charge in [-0.3, -0.25) is 4.79 Å². The maximum absolute atomic E-state index is 11.8. The molecule has 6 heteroatoms. The second-order valence-corrected chi connectivity index (χ2v) is 8.74. The molecule has 3 aromatic rings. The van der Waals surface area contributed by atoms with Crippen LogP contribution in [0.25, 0.3) is 10.8 Å². The van der Waals surface area contributed by atoms with Gasteiger partial charge >= 0.3 is 5.97 Å². The van der Waals surface area contributed by atoms with Gasteiger partial charge in [0, 0.05) is 18.4 Å². The van der Waals surface area contributed by atoms with Crippen molar-refractivity contribution in [3.63, 3.8) is 0 Å². The second kappa shape index (κ2) is 7.85. The molecule has 1 heterocycles. The molecule has 4 rings (SSSR count). The van der Waals surface area contributed by atoms with E-state index in [9.17, 15) is 15.0 Å². The minimum atomic E-state index is -1.04. The lowest BCUT2D eigenvalue weighted by Crippen LogP contribution is -2.43. The first-order chi connectivity index (χ1) is 14.3. The van der Waals surface area contributed by atoms with Crippen molar-refractivity contribution in [1.82, 2.24) is 14.5 Å². The van der Waals surface area contributed by atoms with E-state index in [4.69, 9.17) is 0 Å². The third-order valence-corrected chi connectivity index (χ3v) is 6.86. The van der Waals surface area contributed by atoms with Crippen LogP contribution in [-0.4, -0.2) is 50.8 Å². The van der Waals surface area contributed by atoms with Crippen molar-refractivity contribution in [2.75, 3.05) is 14.1 Å². The van der Waals surface area contributed by atoms with Gasteiger partial charge in [-0.25, -0.2) is 4.98 Å². The Balaban J connectivity index is 1.70. The Hall–Kier alpha value is -2.70. The van der Waals surface area contributed by atoms with Gasteiger partial charge in [0.15, 0.2) is 0 Å². The van der Waals surface area contributed by atoms with Gasteiger partial charge < -0.3 is 19.7 Å². The first-order valence-electron chi connectivity index (χ1n) is 10.4. The molecule has 1 aliphatic carbocycles. The number of imidazole rings is 1. The summed E-state index contributed by atoms with van der Waals surface area (Å²) in [5.41, 5.74) is 0.808. The van der Waals surface area contributed by atoms with Gasteiger partial charge in [0.25, 0.3) is 0 Å². The molecule has 30 heavy (non-hydrogen) atoms. The Bertz CT molecular complexity index is 1040. The lowest BCUT2D eigenvalue weighted by molar-refractivity contribution is -0.166. The fourth-order valence-electron chi connectivity index (χ4n) is 4.53. The highest BCUT2D eigenvalue weighted by molar-refractivity contribution is 5.84. The standard InChI is InChI=1S/C24H29N3O3/c1-16(26(2)3)21(27-12-11-25-15-27)19-7-5-18-14-20(8-6-17(18)13-19)22(28)24(23(29)30)9-4-10-24/h5-8,11-16,21-22,28H,4,9-10H2,1-3H3,(H,29,30). The van der Waals surface area contributed by atoms with Crippen molar-refractivity contribution in [3.8, 4) is 0 Å². The predicted molar refractivity (Wildman–Crippen MR) is 116 cm³/mol. The topological polar surface area (TPSA) is 78.6 Å². The average molecular weight is 408 g/mol. The zero-order chi connectivity index (χ0) is 21.5. The molecule has 3 atom stereocenters. The Morgan fingerprint density at radius 2 is 1.77 bits per heavy atom. The van der Waals surface area contributed by atoms with E-state index in [2.05, 4.69) is 53.7 Å². The summed E-state index contributed by atoms with van der Waals surface area (Å²) in [6.45, 7) is 2.19. The van der Waals surface area contributed by atoms with E-state index in [1.165, 1.54) is 5.56 Å². The normalized spacial score (nSPS) is 18.7. The van der Waals surface area contributed by atoms with Crippen LogP contribution in [0.4, 0.5) is 0 Å². The molecular weight excluding hydrogens is 378 g/mol. The van der Waals surface area contributed by atoms with Gasteiger partial charge in [0.1, 0.15) is 0 Å². The number of benzene rings is 2. The Labute approximate surface area is 176 Å². The number of hydrogen-bond acceptors (Lipinski definition) is 4. The monoisotopic (exact) mass is 407 g/mol. The number of aliphatic hydroxyl groups excluding tert-OH is 1. The molecule has 1 fully saturated rings. The zero-order valence-electron chi connectivity index (χ0n) is 17.7. The molecule has 6 nitrogen and oxygen atoms in total. The van der Waals surface area contributed by atoms with Crippen LogP contribution in [0.3, 0.4) is 0 Å². The molecule has 3 unspecified atom stereocenters. The van der Waals surface area contributed by atoms with Gasteiger partial charge in [0.05, 0.1) is 23.9 Å². The summed E-state index contributed by atoms with van der Waals surface area (Å²) in [7, 11) is 4.14. The minimum Gasteiger partial charge on any atom is -0.481 e. The molecule has 158 valence electrons. The number of aliphatic carboxylic acids is 1. The van der Waals surface area contributed by atoms with Crippen LogP contribution < -0.4 is 0 Å². The number of rotatable bonds is 7. The lowest BCUT2D eigenvalue weighted by atomic mass is 9.63. The molecule has 0 spiro atoms. The van der Waals surface area contributed by atoms with Crippen LogP contribution in [-0.2, 0) is 4.79 Å². The summed E-state index contributed by atoms with van der Waals surface area (Å²) in [5, 5.41) is 22.5. The fourth-order valence-corrected chi connectivity index (χ4v) is 4.53. The highest BCUT2D eigenvalue weighted by atomic mass is 16.4. The first-order valence-corrected chi connectivity index (χ1v) is 10.4. The van der Waals surface area contributed by atoms with Gasteiger partial charge in [-0.05, 0) is 67.9 Å². The number of fused-ring (bicyclic) bond motifs is 1. The predicted octanol–water partition coefficient (Wildman–Crippen LogP) is 3.86. The van der Waals surface area contributed by atoms with Crippen LogP contribution in [0.2, 0.25) is 0 Å². The lowest BCUT2D eigenvalue weighted by Gasteiger charge is -2.41. The highest BCUT2D eigenvalue weighted by Gasteiger charge is 2.50. The van der Waals surface area contributed by atoms with E-state index in [0.717, 1.165) is 17.2 Å². The van der Waals surface area contributed by atoms with Crippen molar-refractivity contribution >= 4 is 16.7 Å². The van der Waals surface area contributed by atoms with Gasteiger partial charge in [0.2, 0.25) is 0 Å². The van der Waals surface area contributed by atoms with Crippen LogP contribution in [0.5, 0.6) is 0 Å². The van der Waals surface area contributed by atoms with E-state index < -0.39 is 17.5 Å². The van der Waals surface area contributed by atoms with Gasteiger partial charge in [-0.2, -0.15) is 0 Å². The molecule has 0 saturated heterocycles. The van der Waals surface area contributed by atoms with Crippen molar-refractivity contribution in [3.05, 3.63) is 66.2 Å². The number of likely N-dealkylation sites (N-methyl/N-ethyl adjacent to an activating group) is 1. The molecule has 1 aromatic heterocycles. The SMILES string of the molecule is CC(C(c1ccc2cc(C(O)C3(C(=O)O)CCC3)ccc2c1)n1ccnc1)N(C)C. The van der Waals surface area contributed by atoms with E-state index in [0.29, 0.717) is 18.4 Å². The summed E-state index contributed by atoms with van der Waals surface area (Å²) in [6.07, 6.45) is 6.53. The molecule has 1 aliphatic rings.